The fourth-order valence-electron chi connectivity index (χ4n) is 2.80. The Bertz CT molecular complexity index is 913. The van der Waals surface area contributed by atoms with Crippen LogP contribution in [0.25, 0.3) is 10.8 Å². The zero-order valence-corrected chi connectivity index (χ0v) is 16.1. The van der Waals surface area contributed by atoms with Gasteiger partial charge in [-0.1, -0.05) is 48.5 Å². The number of fused-ring (bicyclic) bond motifs is 1. The van der Waals surface area contributed by atoms with Crippen LogP contribution in [0.4, 0.5) is 0 Å². The number of hydrogen-bond donors (Lipinski definition) is 2. The fourth-order valence-corrected chi connectivity index (χ4v) is 3.76. The molecule has 1 unspecified atom stereocenters. The lowest BCUT2D eigenvalue weighted by Crippen LogP contribution is -2.20. The third kappa shape index (κ3) is 5.65. The summed E-state index contributed by atoms with van der Waals surface area (Å²) in [5.74, 6) is 1.58. The van der Waals surface area contributed by atoms with Gasteiger partial charge in [0.25, 0.3) is 0 Å². The summed E-state index contributed by atoms with van der Waals surface area (Å²) in [6.07, 6.45) is -0.561. The highest BCUT2D eigenvalue weighted by atomic mass is 32.2. The number of aliphatic hydroxyl groups is 1. The number of carboxylic acids is 1. The van der Waals surface area contributed by atoms with E-state index < -0.39 is 12.1 Å². The molecule has 0 aromatic heterocycles. The lowest BCUT2D eigenvalue weighted by molar-refractivity contribution is -0.139. The van der Waals surface area contributed by atoms with Crippen LogP contribution in [0.2, 0.25) is 0 Å². The second kappa shape index (κ2) is 10.0. The van der Waals surface area contributed by atoms with Crippen molar-refractivity contribution in [3.05, 3.63) is 72.3 Å². The van der Waals surface area contributed by atoms with Crippen molar-refractivity contribution in [2.24, 2.45) is 0 Å². The van der Waals surface area contributed by atoms with Gasteiger partial charge < -0.3 is 19.7 Å². The molecule has 0 aliphatic carbocycles. The van der Waals surface area contributed by atoms with Crippen LogP contribution in [-0.4, -0.2) is 41.3 Å². The Kier molecular flexibility index (Phi) is 7.17. The quantitative estimate of drug-likeness (QED) is 0.538. The zero-order chi connectivity index (χ0) is 19.8. The molecule has 0 aliphatic heterocycles. The van der Waals surface area contributed by atoms with Gasteiger partial charge in [-0.25, -0.2) is 4.79 Å². The Balaban J connectivity index is 1.56. The number of carboxylic acid groups (broad SMARTS) is 1. The highest BCUT2D eigenvalue weighted by Crippen LogP contribution is 2.30. The summed E-state index contributed by atoms with van der Waals surface area (Å²) >= 11 is 1.62. The predicted octanol–water partition coefficient (Wildman–Crippen LogP) is 3.98. The number of para-hydroxylation sites is 1. The topological polar surface area (TPSA) is 76.0 Å². The minimum Gasteiger partial charge on any atom is -0.491 e. The largest absolute Gasteiger partial charge is 0.491 e. The van der Waals surface area contributed by atoms with Crippen LogP contribution in [-0.2, 0) is 10.5 Å². The first-order valence-corrected chi connectivity index (χ1v) is 10.1. The van der Waals surface area contributed by atoms with E-state index in [1.807, 2.05) is 60.7 Å². The highest BCUT2D eigenvalue weighted by Gasteiger charge is 2.10. The predicted molar refractivity (Wildman–Crippen MR) is 111 cm³/mol. The zero-order valence-electron chi connectivity index (χ0n) is 15.3. The first kappa shape index (κ1) is 20.0. The van der Waals surface area contributed by atoms with E-state index in [-0.39, 0.29) is 13.2 Å². The minimum absolute atomic E-state index is 0.250. The summed E-state index contributed by atoms with van der Waals surface area (Å²) in [6.45, 7) is -0.120. The maximum absolute atomic E-state index is 10.8. The molecule has 2 N–H and O–H groups in total. The van der Waals surface area contributed by atoms with E-state index in [2.05, 4.69) is 0 Å². The Labute approximate surface area is 167 Å². The molecule has 0 fully saturated rings. The maximum atomic E-state index is 10.8. The summed E-state index contributed by atoms with van der Waals surface area (Å²) in [7, 11) is 0. The fraction of sp³-hybridized carbons (Fsp3) is 0.227. The molecule has 0 bridgehead atoms. The first-order chi connectivity index (χ1) is 13.6. The molecule has 0 saturated heterocycles. The maximum Gasteiger partial charge on any atom is 0.341 e. The average molecular weight is 398 g/mol. The summed E-state index contributed by atoms with van der Waals surface area (Å²) < 4.78 is 11.0. The summed E-state index contributed by atoms with van der Waals surface area (Å²) in [5, 5.41) is 20.9. The number of aliphatic carboxylic acids is 1. The van der Waals surface area contributed by atoms with Crippen molar-refractivity contribution < 1.29 is 24.5 Å². The number of hydrogen-bond acceptors (Lipinski definition) is 5. The smallest absolute Gasteiger partial charge is 0.341 e. The normalized spacial score (nSPS) is 11.9. The number of aliphatic hydroxyl groups excluding tert-OH is 1. The van der Waals surface area contributed by atoms with Gasteiger partial charge in [0.1, 0.15) is 18.1 Å². The second-order valence-electron chi connectivity index (χ2n) is 6.24. The van der Waals surface area contributed by atoms with Crippen LogP contribution in [0.1, 0.15) is 5.56 Å². The van der Waals surface area contributed by atoms with Gasteiger partial charge in [-0.15, -0.1) is 0 Å². The monoisotopic (exact) mass is 398 g/mol. The highest BCUT2D eigenvalue weighted by molar-refractivity contribution is 7.98. The second-order valence-corrected chi connectivity index (χ2v) is 7.27. The van der Waals surface area contributed by atoms with E-state index in [4.69, 9.17) is 14.6 Å². The molecule has 28 heavy (non-hydrogen) atoms. The lowest BCUT2D eigenvalue weighted by atomic mass is 10.0. The molecule has 0 amide bonds. The van der Waals surface area contributed by atoms with Gasteiger partial charge in [0.15, 0.2) is 6.61 Å². The SMILES string of the molecule is O=C(O)COc1cccc2c(CSCC(O)COc3ccccc3)cccc12. The van der Waals surface area contributed by atoms with Gasteiger partial charge in [-0.2, -0.15) is 11.8 Å². The molecule has 0 heterocycles. The molecule has 3 aromatic carbocycles. The third-order valence-corrected chi connectivity index (χ3v) is 5.21. The van der Waals surface area contributed by atoms with Gasteiger partial charge >= 0.3 is 5.97 Å². The molecule has 0 saturated carbocycles. The van der Waals surface area contributed by atoms with E-state index in [1.54, 1.807) is 17.8 Å². The van der Waals surface area contributed by atoms with Gasteiger partial charge in [0.2, 0.25) is 0 Å². The number of rotatable bonds is 10. The Morgan fingerprint density at radius 2 is 1.68 bits per heavy atom. The third-order valence-electron chi connectivity index (χ3n) is 4.08. The Morgan fingerprint density at radius 3 is 2.46 bits per heavy atom. The van der Waals surface area contributed by atoms with Crippen molar-refractivity contribution in [3.63, 3.8) is 0 Å². The molecule has 146 valence electrons. The molecule has 3 rings (SSSR count). The molecule has 3 aromatic rings. The van der Waals surface area contributed by atoms with Crippen LogP contribution in [0.3, 0.4) is 0 Å². The first-order valence-electron chi connectivity index (χ1n) is 8.92. The van der Waals surface area contributed by atoms with Crippen molar-refractivity contribution in [2.45, 2.75) is 11.9 Å². The summed E-state index contributed by atoms with van der Waals surface area (Å²) in [4.78, 5) is 10.8. The van der Waals surface area contributed by atoms with Crippen LogP contribution >= 0.6 is 11.8 Å². The Hall–Kier alpha value is -2.70. The van der Waals surface area contributed by atoms with E-state index in [1.165, 1.54) is 0 Å². The van der Waals surface area contributed by atoms with Crippen LogP contribution < -0.4 is 9.47 Å². The van der Waals surface area contributed by atoms with Crippen LogP contribution in [0.5, 0.6) is 11.5 Å². The molecule has 5 nitrogen and oxygen atoms in total. The van der Waals surface area contributed by atoms with Crippen molar-refractivity contribution in [1.29, 1.82) is 0 Å². The molecular formula is C22H22O5S. The van der Waals surface area contributed by atoms with E-state index in [9.17, 15) is 9.90 Å². The standard InChI is InChI=1S/C22H22O5S/c23-17(12-26-18-7-2-1-3-8-18)15-28-14-16-6-4-10-20-19(16)9-5-11-21(20)27-13-22(24)25/h1-11,17,23H,12-15H2,(H,24,25). The van der Waals surface area contributed by atoms with Crippen LogP contribution in [0, 0.1) is 0 Å². The van der Waals surface area contributed by atoms with Crippen molar-refractivity contribution in [3.8, 4) is 11.5 Å². The molecule has 0 aliphatic rings. The summed E-state index contributed by atoms with van der Waals surface area (Å²) in [6, 6.07) is 20.9. The lowest BCUT2D eigenvalue weighted by Gasteiger charge is -2.13. The molecule has 0 radical (unpaired) electrons. The number of benzene rings is 3. The Morgan fingerprint density at radius 1 is 0.929 bits per heavy atom. The molecule has 6 heteroatoms. The van der Waals surface area contributed by atoms with Gasteiger partial charge in [0, 0.05) is 16.9 Å². The van der Waals surface area contributed by atoms with E-state index in [0.717, 1.165) is 27.8 Å². The average Bonchev–Trinajstić information content (AvgIpc) is 2.71. The van der Waals surface area contributed by atoms with E-state index >= 15 is 0 Å². The number of carbonyl (C=O) groups is 1. The molecule has 1 atom stereocenters. The number of thioether (sulfide) groups is 1. The van der Waals surface area contributed by atoms with Crippen molar-refractivity contribution in [1.82, 2.24) is 0 Å². The van der Waals surface area contributed by atoms with Crippen LogP contribution in [0.15, 0.2) is 66.7 Å². The van der Waals surface area contributed by atoms with Gasteiger partial charge in [0.05, 0.1) is 6.10 Å². The van der Waals surface area contributed by atoms with E-state index in [0.29, 0.717) is 11.5 Å². The summed E-state index contributed by atoms with van der Waals surface area (Å²) in [5.41, 5.74) is 1.11. The van der Waals surface area contributed by atoms with Gasteiger partial charge in [-0.05, 0) is 29.1 Å². The minimum atomic E-state index is -1.00. The molecular weight excluding hydrogens is 376 g/mol. The van der Waals surface area contributed by atoms with Gasteiger partial charge in [-0.3, -0.25) is 0 Å². The van der Waals surface area contributed by atoms with Crippen molar-refractivity contribution >= 4 is 28.5 Å². The van der Waals surface area contributed by atoms with Crippen molar-refractivity contribution in [2.75, 3.05) is 19.0 Å². The molecule has 0 spiro atoms. The number of ether oxygens (including phenoxy) is 2.